The van der Waals surface area contributed by atoms with E-state index in [1.165, 1.54) is 0 Å². The summed E-state index contributed by atoms with van der Waals surface area (Å²) in [7, 11) is 1.78. The number of aromatic nitrogens is 2. The number of carbonyl (C=O) groups excluding carboxylic acids is 2. The first kappa shape index (κ1) is 17.3. The van der Waals surface area contributed by atoms with Crippen LogP contribution in [0.25, 0.3) is 0 Å². The van der Waals surface area contributed by atoms with Crippen LogP contribution in [0.5, 0.6) is 0 Å². The van der Waals surface area contributed by atoms with Crippen molar-refractivity contribution in [2.75, 3.05) is 13.1 Å². The second-order valence-electron chi connectivity index (χ2n) is 6.95. The lowest BCUT2D eigenvalue weighted by Gasteiger charge is -2.28. The molecule has 2 heterocycles. The minimum atomic E-state index is -0.519. The first-order valence-electron chi connectivity index (χ1n) is 8.02. The number of rotatable bonds is 2. The van der Waals surface area contributed by atoms with Crippen LogP contribution in [0.2, 0.25) is 0 Å². The Morgan fingerprint density at radius 1 is 1.35 bits per heavy atom. The Balaban J connectivity index is 1.98. The van der Waals surface area contributed by atoms with Gasteiger partial charge in [0, 0.05) is 38.6 Å². The van der Waals surface area contributed by atoms with Gasteiger partial charge in [0.05, 0.1) is 0 Å². The molecule has 128 valence electrons. The third-order valence-corrected chi connectivity index (χ3v) is 3.68. The van der Waals surface area contributed by atoms with E-state index in [0.717, 1.165) is 19.3 Å². The number of carbonyl (C=O) groups is 2. The molecular formula is C16H26N4O3. The normalized spacial score (nSPS) is 19.1. The first-order chi connectivity index (χ1) is 10.8. The predicted octanol–water partition coefficient (Wildman–Crippen LogP) is 1.94. The summed E-state index contributed by atoms with van der Waals surface area (Å²) in [5, 5.41) is 2.98. The van der Waals surface area contributed by atoms with Crippen LogP contribution >= 0.6 is 0 Å². The van der Waals surface area contributed by atoms with Crippen molar-refractivity contribution in [3.63, 3.8) is 0 Å². The number of likely N-dealkylation sites (tertiary alicyclic amines) is 1. The lowest BCUT2D eigenvalue weighted by atomic mass is 10.1. The highest BCUT2D eigenvalue weighted by Gasteiger charge is 2.27. The molecule has 1 aliphatic heterocycles. The van der Waals surface area contributed by atoms with Crippen LogP contribution in [-0.4, -0.2) is 51.2 Å². The van der Waals surface area contributed by atoms with Gasteiger partial charge in [-0.2, -0.15) is 0 Å². The highest BCUT2D eigenvalue weighted by Crippen LogP contribution is 2.15. The summed E-state index contributed by atoms with van der Waals surface area (Å²) < 4.78 is 7.11. The van der Waals surface area contributed by atoms with E-state index in [1.807, 2.05) is 20.8 Å². The lowest BCUT2D eigenvalue weighted by molar-refractivity contribution is 0.0242. The molecule has 2 amide bonds. The Kier molecular flexibility index (Phi) is 5.28. The SMILES string of the molecule is Cn1ccnc1C(=O)N[C@@H]1CCCCN(C(=O)OC(C)(C)C)C1. The zero-order valence-electron chi connectivity index (χ0n) is 14.3. The van der Waals surface area contributed by atoms with Gasteiger partial charge in [-0.25, -0.2) is 9.78 Å². The van der Waals surface area contributed by atoms with Crippen molar-refractivity contribution >= 4 is 12.0 Å². The van der Waals surface area contributed by atoms with E-state index < -0.39 is 5.60 Å². The van der Waals surface area contributed by atoms with Gasteiger partial charge in [-0.3, -0.25) is 4.79 Å². The fourth-order valence-electron chi connectivity index (χ4n) is 2.59. The Labute approximate surface area is 137 Å². The highest BCUT2D eigenvalue weighted by atomic mass is 16.6. The third kappa shape index (κ3) is 4.97. The highest BCUT2D eigenvalue weighted by molar-refractivity contribution is 5.91. The predicted molar refractivity (Wildman–Crippen MR) is 86.1 cm³/mol. The summed E-state index contributed by atoms with van der Waals surface area (Å²) in [4.78, 5) is 30.3. The average molecular weight is 322 g/mol. The molecule has 2 rings (SSSR count). The van der Waals surface area contributed by atoms with Crippen molar-refractivity contribution in [2.24, 2.45) is 7.05 Å². The van der Waals surface area contributed by atoms with Gasteiger partial charge in [0.2, 0.25) is 0 Å². The van der Waals surface area contributed by atoms with Crippen molar-refractivity contribution < 1.29 is 14.3 Å². The number of ether oxygens (including phenoxy) is 1. The molecule has 1 aromatic rings. The Hall–Kier alpha value is -2.05. The van der Waals surface area contributed by atoms with Crippen molar-refractivity contribution in [3.8, 4) is 0 Å². The maximum atomic E-state index is 12.3. The van der Waals surface area contributed by atoms with E-state index in [4.69, 9.17) is 4.74 Å². The number of hydrogen-bond acceptors (Lipinski definition) is 4. The molecule has 1 aliphatic rings. The summed E-state index contributed by atoms with van der Waals surface area (Å²) in [6.45, 7) is 6.67. The van der Waals surface area contributed by atoms with E-state index in [0.29, 0.717) is 18.9 Å². The Morgan fingerprint density at radius 2 is 2.09 bits per heavy atom. The van der Waals surface area contributed by atoms with Gasteiger partial charge >= 0.3 is 6.09 Å². The van der Waals surface area contributed by atoms with Gasteiger partial charge in [0.1, 0.15) is 5.60 Å². The van der Waals surface area contributed by atoms with Gasteiger partial charge in [-0.1, -0.05) is 0 Å². The summed E-state index contributed by atoms with van der Waals surface area (Å²) in [5.41, 5.74) is -0.519. The maximum absolute atomic E-state index is 12.3. The van der Waals surface area contributed by atoms with Crippen molar-refractivity contribution in [1.29, 1.82) is 0 Å². The van der Waals surface area contributed by atoms with E-state index in [2.05, 4.69) is 10.3 Å². The van der Waals surface area contributed by atoms with Crippen LogP contribution in [-0.2, 0) is 11.8 Å². The fraction of sp³-hybridized carbons (Fsp3) is 0.688. The number of hydrogen-bond donors (Lipinski definition) is 1. The molecule has 0 aromatic carbocycles. The van der Waals surface area contributed by atoms with Gasteiger partial charge in [0.25, 0.3) is 5.91 Å². The van der Waals surface area contributed by atoms with Gasteiger partial charge in [0.15, 0.2) is 5.82 Å². The zero-order chi connectivity index (χ0) is 17.0. The van der Waals surface area contributed by atoms with Crippen LogP contribution in [0.4, 0.5) is 4.79 Å². The molecule has 1 atom stereocenters. The van der Waals surface area contributed by atoms with Crippen molar-refractivity contribution in [3.05, 3.63) is 18.2 Å². The molecule has 1 fully saturated rings. The third-order valence-electron chi connectivity index (χ3n) is 3.68. The van der Waals surface area contributed by atoms with E-state index in [1.54, 1.807) is 28.9 Å². The topological polar surface area (TPSA) is 76.5 Å². The Bertz CT molecular complexity index is 562. The molecule has 0 bridgehead atoms. The quantitative estimate of drug-likeness (QED) is 0.903. The molecule has 0 saturated carbocycles. The molecule has 1 aromatic heterocycles. The second kappa shape index (κ2) is 7.02. The summed E-state index contributed by atoms with van der Waals surface area (Å²) in [5.74, 6) is 0.159. The van der Waals surface area contributed by atoms with Crippen LogP contribution in [0.15, 0.2) is 12.4 Å². The summed E-state index contributed by atoms with van der Waals surface area (Å²) in [6, 6.07) is -0.0887. The molecule has 0 aliphatic carbocycles. The number of nitrogens with one attached hydrogen (secondary N) is 1. The molecule has 0 radical (unpaired) electrons. The fourth-order valence-corrected chi connectivity index (χ4v) is 2.59. The lowest BCUT2D eigenvalue weighted by Crippen LogP contribution is -2.46. The van der Waals surface area contributed by atoms with E-state index >= 15 is 0 Å². The van der Waals surface area contributed by atoms with Crippen LogP contribution < -0.4 is 5.32 Å². The monoisotopic (exact) mass is 322 g/mol. The minimum Gasteiger partial charge on any atom is -0.444 e. The molecule has 23 heavy (non-hydrogen) atoms. The van der Waals surface area contributed by atoms with Crippen LogP contribution in [0, 0.1) is 0 Å². The first-order valence-corrected chi connectivity index (χ1v) is 8.02. The average Bonchev–Trinajstić information content (AvgIpc) is 2.72. The number of aryl methyl sites for hydroxylation is 1. The summed E-state index contributed by atoms with van der Waals surface area (Å²) >= 11 is 0. The van der Waals surface area contributed by atoms with E-state index in [9.17, 15) is 9.59 Å². The molecule has 7 heteroatoms. The minimum absolute atomic E-state index is 0.0887. The van der Waals surface area contributed by atoms with Gasteiger partial charge < -0.3 is 19.5 Å². The van der Waals surface area contributed by atoms with Gasteiger partial charge in [-0.05, 0) is 40.0 Å². The second-order valence-corrected chi connectivity index (χ2v) is 6.95. The summed E-state index contributed by atoms with van der Waals surface area (Å²) in [6.07, 6.45) is 5.72. The number of nitrogens with zero attached hydrogens (tertiary/aromatic N) is 3. The maximum Gasteiger partial charge on any atom is 0.410 e. The van der Waals surface area contributed by atoms with Crippen LogP contribution in [0.3, 0.4) is 0 Å². The molecule has 1 saturated heterocycles. The number of imidazole rings is 1. The molecule has 0 spiro atoms. The smallest absolute Gasteiger partial charge is 0.410 e. The molecule has 0 unspecified atom stereocenters. The molecule has 1 N–H and O–H groups in total. The van der Waals surface area contributed by atoms with Crippen molar-refractivity contribution in [2.45, 2.75) is 51.7 Å². The standard InChI is InChI=1S/C16H26N4O3/c1-16(2,3)23-15(22)20-9-6-5-7-12(11-20)18-14(21)13-17-8-10-19(13)4/h8,10,12H,5-7,9,11H2,1-4H3,(H,18,21)/t12-/m1/s1. The molecular weight excluding hydrogens is 296 g/mol. The van der Waals surface area contributed by atoms with Gasteiger partial charge in [-0.15, -0.1) is 0 Å². The molecule has 7 nitrogen and oxygen atoms in total. The number of amides is 2. The largest absolute Gasteiger partial charge is 0.444 e. The van der Waals surface area contributed by atoms with E-state index in [-0.39, 0.29) is 18.0 Å². The van der Waals surface area contributed by atoms with Crippen molar-refractivity contribution in [1.82, 2.24) is 19.8 Å². The van der Waals surface area contributed by atoms with Crippen LogP contribution in [0.1, 0.15) is 50.7 Å². The zero-order valence-corrected chi connectivity index (χ0v) is 14.3. The Morgan fingerprint density at radius 3 is 2.70 bits per heavy atom.